The van der Waals surface area contributed by atoms with E-state index >= 15 is 0 Å². The second-order valence-electron chi connectivity index (χ2n) is 10.9. The number of benzene rings is 3. The normalized spacial score (nSPS) is 13.5. The first kappa shape index (κ1) is 36.9. The number of allylic oxidation sites excluding steroid dienone is 3. The van der Waals surface area contributed by atoms with Crippen molar-refractivity contribution in [3.05, 3.63) is 126 Å². The lowest BCUT2D eigenvalue weighted by Crippen LogP contribution is -2.47. The molecule has 0 aliphatic carbocycles. The Morgan fingerprint density at radius 3 is 1.84 bits per heavy atom. The molecule has 0 atom stereocenters. The van der Waals surface area contributed by atoms with E-state index in [1.807, 2.05) is 0 Å². The summed E-state index contributed by atoms with van der Waals surface area (Å²) >= 11 is 0. The van der Waals surface area contributed by atoms with Crippen LogP contribution in [0.5, 0.6) is 5.75 Å². The van der Waals surface area contributed by atoms with Crippen molar-refractivity contribution in [2.75, 3.05) is 59.0 Å². The minimum Gasteiger partial charge on any atom is -0.492 e. The molecule has 240 valence electrons. The van der Waals surface area contributed by atoms with Crippen LogP contribution in [0, 0.1) is 5.82 Å². The average molecular weight is 606 g/mol. The van der Waals surface area contributed by atoms with Crippen molar-refractivity contribution in [3.63, 3.8) is 0 Å². The molecule has 0 spiro atoms. The molecule has 6 heteroatoms. The van der Waals surface area contributed by atoms with Gasteiger partial charge in [0.25, 0.3) is 0 Å². The maximum Gasteiger partial charge on any atom is 0.123 e. The lowest BCUT2D eigenvalue weighted by molar-refractivity contribution is 0.116. The molecule has 1 fully saturated rings. The van der Waals surface area contributed by atoms with Crippen LogP contribution in [0.1, 0.15) is 44.2 Å². The van der Waals surface area contributed by atoms with E-state index in [0.717, 1.165) is 58.0 Å². The largest absolute Gasteiger partial charge is 0.492 e. The van der Waals surface area contributed by atoms with E-state index in [0.29, 0.717) is 6.61 Å². The summed E-state index contributed by atoms with van der Waals surface area (Å²) in [5.41, 5.74) is 2.87. The highest BCUT2D eigenvalue weighted by molar-refractivity contribution is 5.22. The zero-order valence-electron chi connectivity index (χ0n) is 26.9. The first-order valence-corrected chi connectivity index (χ1v) is 16.1. The number of nitrogens with one attached hydrogen (secondary N) is 1. The molecule has 3 aromatic carbocycles. The van der Waals surface area contributed by atoms with E-state index in [2.05, 4.69) is 89.3 Å². The van der Waals surface area contributed by atoms with Gasteiger partial charge in [0.15, 0.2) is 0 Å². The van der Waals surface area contributed by atoms with Gasteiger partial charge >= 0.3 is 0 Å². The first-order chi connectivity index (χ1) is 21.5. The molecule has 44 heavy (non-hydrogen) atoms. The Kier molecular flexibility index (Phi) is 20.2. The molecule has 1 heterocycles. The van der Waals surface area contributed by atoms with E-state index in [-0.39, 0.29) is 5.82 Å². The van der Waals surface area contributed by atoms with Gasteiger partial charge in [-0.15, -0.1) is 0 Å². The van der Waals surface area contributed by atoms with Gasteiger partial charge in [0.2, 0.25) is 0 Å². The van der Waals surface area contributed by atoms with Gasteiger partial charge in [-0.1, -0.05) is 80.2 Å². The molecule has 0 aromatic heterocycles. The Hall–Kier alpha value is -3.32. The maximum atomic E-state index is 12.9. The van der Waals surface area contributed by atoms with Crippen LogP contribution in [0.15, 0.2) is 109 Å². The van der Waals surface area contributed by atoms with Crippen LogP contribution in [-0.2, 0) is 12.8 Å². The monoisotopic (exact) mass is 605 g/mol. The third-order valence-corrected chi connectivity index (χ3v) is 7.17. The van der Waals surface area contributed by atoms with Crippen LogP contribution in [0.4, 0.5) is 8.78 Å². The molecule has 1 aliphatic rings. The van der Waals surface area contributed by atoms with Crippen LogP contribution < -0.4 is 10.1 Å². The third-order valence-electron chi connectivity index (χ3n) is 7.17. The quantitative estimate of drug-likeness (QED) is 0.140. The standard InChI is InChI=1S/C21H27FN2O.C12H19N.C5H7F/c22-20-8-10-21(11-9-20)25-18-17-24-15-13-23(14-16-24)12-4-7-19-5-2-1-3-6-19;1-2-10-13-11-6-9-12-7-4-3-5-8-12;1-3-4-5(2)6/h1-3,5-6,8-11H,4,7,12-18H2;3-5,7-8,13H,2,6,9-11H2,1H3;3-4H,2H2,1H3/b;;4-3-. The number of aryl methyl sites for hydroxylation is 2. The highest BCUT2D eigenvalue weighted by atomic mass is 19.1. The maximum absolute atomic E-state index is 12.9. The number of halogens is 2. The van der Waals surface area contributed by atoms with Crippen molar-refractivity contribution in [1.29, 1.82) is 0 Å². The number of ether oxygens (including phenoxy) is 1. The van der Waals surface area contributed by atoms with Gasteiger partial charge in [-0.2, -0.15) is 0 Å². The van der Waals surface area contributed by atoms with E-state index in [9.17, 15) is 8.78 Å². The Morgan fingerprint density at radius 2 is 1.34 bits per heavy atom. The third kappa shape index (κ3) is 18.4. The van der Waals surface area contributed by atoms with E-state index < -0.39 is 5.83 Å². The van der Waals surface area contributed by atoms with Crippen molar-refractivity contribution in [1.82, 2.24) is 15.1 Å². The second kappa shape index (κ2) is 24.1. The molecule has 1 aliphatic heterocycles. The Morgan fingerprint density at radius 1 is 0.795 bits per heavy atom. The summed E-state index contributed by atoms with van der Waals surface area (Å²) < 4.78 is 30.0. The summed E-state index contributed by atoms with van der Waals surface area (Å²) in [7, 11) is 0. The Balaban J connectivity index is 0.000000296. The molecule has 3 aromatic rings. The summed E-state index contributed by atoms with van der Waals surface area (Å²) in [6, 6.07) is 27.6. The zero-order valence-corrected chi connectivity index (χ0v) is 26.9. The van der Waals surface area contributed by atoms with Crippen molar-refractivity contribution >= 4 is 0 Å². The first-order valence-electron chi connectivity index (χ1n) is 16.1. The number of piperazine rings is 1. The summed E-state index contributed by atoms with van der Waals surface area (Å²) in [4.78, 5) is 5.00. The van der Waals surface area contributed by atoms with Gasteiger partial charge in [0.05, 0.1) is 0 Å². The molecule has 0 amide bonds. The van der Waals surface area contributed by atoms with Gasteiger partial charge in [0.1, 0.15) is 24.0 Å². The van der Waals surface area contributed by atoms with Crippen LogP contribution in [0.3, 0.4) is 0 Å². The highest BCUT2D eigenvalue weighted by Crippen LogP contribution is 2.11. The molecule has 0 bridgehead atoms. The zero-order chi connectivity index (χ0) is 31.7. The minimum absolute atomic E-state index is 0.226. The van der Waals surface area contributed by atoms with Crippen molar-refractivity contribution < 1.29 is 13.5 Å². The summed E-state index contributed by atoms with van der Waals surface area (Å²) in [6.07, 6.45) is 8.94. The number of nitrogens with zero attached hydrogens (tertiary/aromatic N) is 2. The van der Waals surface area contributed by atoms with E-state index in [1.54, 1.807) is 25.1 Å². The van der Waals surface area contributed by atoms with E-state index in [4.69, 9.17) is 4.74 Å². The summed E-state index contributed by atoms with van der Waals surface area (Å²) in [5, 5.41) is 3.41. The molecule has 1 N–H and O–H groups in total. The summed E-state index contributed by atoms with van der Waals surface area (Å²) in [6.45, 7) is 16.4. The molecule has 0 saturated carbocycles. The molecule has 1 saturated heterocycles. The molecular weight excluding hydrogens is 552 g/mol. The fourth-order valence-corrected chi connectivity index (χ4v) is 4.76. The average Bonchev–Trinajstić information content (AvgIpc) is 3.04. The smallest absolute Gasteiger partial charge is 0.123 e. The fourth-order valence-electron chi connectivity index (χ4n) is 4.76. The van der Waals surface area contributed by atoms with Crippen molar-refractivity contribution in [2.45, 2.75) is 46.0 Å². The number of rotatable bonds is 15. The van der Waals surface area contributed by atoms with Gasteiger partial charge in [-0.25, -0.2) is 8.78 Å². The molecule has 0 unspecified atom stereocenters. The predicted octanol–water partition coefficient (Wildman–Crippen LogP) is 8.12. The van der Waals surface area contributed by atoms with Crippen molar-refractivity contribution in [3.8, 4) is 5.75 Å². The van der Waals surface area contributed by atoms with E-state index in [1.165, 1.54) is 61.6 Å². The van der Waals surface area contributed by atoms with Crippen molar-refractivity contribution in [2.24, 2.45) is 0 Å². The molecule has 4 rings (SSSR count). The van der Waals surface area contributed by atoms with Crippen LogP contribution in [0.25, 0.3) is 0 Å². The van der Waals surface area contributed by atoms with Gasteiger partial charge < -0.3 is 15.0 Å². The van der Waals surface area contributed by atoms with Crippen LogP contribution >= 0.6 is 0 Å². The predicted molar refractivity (Wildman–Crippen MR) is 183 cm³/mol. The van der Waals surface area contributed by atoms with Gasteiger partial charge in [-0.05, 0) is 100 Å². The second-order valence-corrected chi connectivity index (χ2v) is 10.9. The van der Waals surface area contributed by atoms with Crippen LogP contribution in [0.2, 0.25) is 0 Å². The Labute approximate surface area is 265 Å². The molecule has 4 nitrogen and oxygen atoms in total. The van der Waals surface area contributed by atoms with Crippen LogP contribution in [-0.4, -0.2) is 68.8 Å². The van der Waals surface area contributed by atoms with Gasteiger partial charge in [-0.3, -0.25) is 4.90 Å². The number of hydrogen-bond acceptors (Lipinski definition) is 4. The minimum atomic E-state index is -0.391. The Bertz CT molecular complexity index is 1130. The fraction of sp³-hybridized carbons (Fsp3) is 0.421. The SMILES string of the molecule is C=C(F)/C=C\C.CCCNCCCc1ccccc1.Fc1ccc(OCCN2CCN(CCCc3ccccc3)CC2)cc1. The lowest BCUT2D eigenvalue weighted by Gasteiger charge is -2.34. The lowest BCUT2D eigenvalue weighted by atomic mass is 10.1. The van der Waals surface area contributed by atoms with Gasteiger partial charge in [0, 0.05) is 32.7 Å². The molecule has 0 radical (unpaired) electrons. The summed E-state index contributed by atoms with van der Waals surface area (Å²) in [5.74, 6) is 0.120. The number of hydrogen-bond donors (Lipinski definition) is 1. The topological polar surface area (TPSA) is 27.7 Å². The molecular formula is C38H53F2N3O. The highest BCUT2D eigenvalue weighted by Gasteiger charge is 2.16.